The zero-order valence-electron chi connectivity index (χ0n) is 27.2. The fourth-order valence-corrected chi connectivity index (χ4v) is 5.61. The zero-order chi connectivity index (χ0) is 32.6. The molecule has 1 fully saturated rings. The minimum Gasteiger partial charge on any atom is -0.492 e. The molecule has 2 N–H and O–H groups in total. The second-order valence-electron chi connectivity index (χ2n) is 13.0. The molecule has 2 aliphatic rings. The second kappa shape index (κ2) is 12.6. The number of anilines is 4. The van der Waals surface area contributed by atoms with Gasteiger partial charge in [0.1, 0.15) is 23.6 Å². The van der Waals surface area contributed by atoms with Crippen molar-refractivity contribution >= 4 is 40.1 Å². The molecule has 4 heterocycles. The molecule has 12 heteroatoms. The Bertz CT molecular complexity index is 1800. The van der Waals surface area contributed by atoms with Crippen LogP contribution in [0, 0.1) is 6.92 Å². The van der Waals surface area contributed by atoms with E-state index < -0.39 is 17.7 Å². The highest BCUT2D eigenvalue weighted by atomic mass is 16.6. The molecule has 1 amide bonds. The van der Waals surface area contributed by atoms with E-state index in [4.69, 9.17) is 19.2 Å². The number of aryl methyl sites for hydroxylation is 1. The lowest BCUT2D eigenvalue weighted by Crippen LogP contribution is -2.48. The van der Waals surface area contributed by atoms with E-state index in [1.807, 2.05) is 84.3 Å². The van der Waals surface area contributed by atoms with Crippen LogP contribution in [0.4, 0.5) is 27.8 Å². The summed E-state index contributed by atoms with van der Waals surface area (Å²) in [4.78, 5) is 41.2. The highest BCUT2D eigenvalue weighted by Crippen LogP contribution is 2.41. The maximum Gasteiger partial charge on any atom is 0.415 e. The summed E-state index contributed by atoms with van der Waals surface area (Å²) in [5, 5.41) is 7.36. The summed E-state index contributed by atoms with van der Waals surface area (Å²) in [5.74, 6) is 1.13. The van der Waals surface area contributed by atoms with Crippen molar-refractivity contribution in [3.05, 3.63) is 76.2 Å². The molecule has 0 saturated carbocycles. The van der Waals surface area contributed by atoms with Gasteiger partial charge in [-0.1, -0.05) is 12.1 Å². The minimum atomic E-state index is -0.723. The normalized spacial score (nSPS) is 16.5. The number of carbonyl (C=O) groups excluding carboxylic acids is 1. The quantitative estimate of drug-likeness (QED) is 0.267. The number of carbonyl (C=O) groups is 1. The van der Waals surface area contributed by atoms with Gasteiger partial charge in [0.2, 0.25) is 5.95 Å². The molecule has 0 radical (unpaired) electrons. The summed E-state index contributed by atoms with van der Waals surface area (Å²) in [6.45, 7) is 9.96. The Balaban J connectivity index is 1.37. The highest BCUT2D eigenvalue weighted by Gasteiger charge is 2.38. The average Bonchev–Trinajstić information content (AvgIpc) is 2.97. The average molecular weight is 628 g/mol. The predicted octanol–water partition coefficient (Wildman–Crippen LogP) is 5.26. The number of benzene rings is 2. The van der Waals surface area contributed by atoms with Crippen molar-refractivity contribution in [3.63, 3.8) is 0 Å². The van der Waals surface area contributed by atoms with Gasteiger partial charge < -0.3 is 29.7 Å². The van der Waals surface area contributed by atoms with Crippen LogP contribution < -0.4 is 25.8 Å². The van der Waals surface area contributed by atoms with Crippen molar-refractivity contribution in [2.75, 3.05) is 62.5 Å². The van der Waals surface area contributed by atoms with Crippen molar-refractivity contribution in [1.29, 1.82) is 0 Å². The van der Waals surface area contributed by atoms with E-state index in [0.29, 0.717) is 54.6 Å². The molecule has 2 aromatic carbocycles. The minimum absolute atomic E-state index is 0.197. The van der Waals surface area contributed by atoms with E-state index in [0.717, 1.165) is 29.2 Å². The third-order valence-electron chi connectivity index (χ3n) is 7.93. The van der Waals surface area contributed by atoms with Crippen molar-refractivity contribution in [2.24, 2.45) is 0 Å². The monoisotopic (exact) mass is 627 g/mol. The lowest BCUT2D eigenvalue weighted by molar-refractivity contribution is -0.0232. The molecule has 6 rings (SSSR count). The van der Waals surface area contributed by atoms with Crippen LogP contribution in [-0.4, -0.2) is 78.1 Å². The van der Waals surface area contributed by atoms with Crippen molar-refractivity contribution in [1.82, 2.24) is 19.4 Å². The number of ether oxygens (including phenoxy) is 3. The Morgan fingerprint density at radius 3 is 2.59 bits per heavy atom. The fourth-order valence-electron chi connectivity index (χ4n) is 5.61. The lowest BCUT2D eigenvalue weighted by atomic mass is 9.99. The predicted molar refractivity (Wildman–Crippen MR) is 179 cm³/mol. The molecule has 0 spiro atoms. The first-order valence-electron chi connectivity index (χ1n) is 15.5. The number of hydrogen-bond acceptors (Lipinski definition) is 10. The fraction of sp³-hybridized carbons (Fsp3) is 0.412. The SMILES string of the molecule is Cc1cccc2c1N(C(=O)OC(C)(C)C)C(c1cc3cnc(Nc4ccc(OCCN(C)C)cc4)nc3n(C3COC3)c1=O)CN2. The Labute approximate surface area is 268 Å². The van der Waals surface area contributed by atoms with Crippen LogP contribution in [0.25, 0.3) is 11.0 Å². The summed E-state index contributed by atoms with van der Waals surface area (Å²) >= 11 is 0. The maximum absolute atomic E-state index is 14.4. The van der Waals surface area contributed by atoms with Crippen molar-refractivity contribution < 1.29 is 19.0 Å². The summed E-state index contributed by atoms with van der Waals surface area (Å²) in [5.41, 5.74) is 3.15. The van der Waals surface area contributed by atoms with Gasteiger partial charge in [-0.25, -0.2) is 9.78 Å². The first-order chi connectivity index (χ1) is 22.0. The number of likely N-dealkylation sites (N-methyl/N-ethyl adjacent to an activating group) is 1. The Morgan fingerprint density at radius 1 is 1.15 bits per heavy atom. The number of fused-ring (bicyclic) bond motifs is 2. The van der Waals surface area contributed by atoms with Crippen LogP contribution >= 0.6 is 0 Å². The molecule has 1 atom stereocenters. The zero-order valence-corrected chi connectivity index (χ0v) is 27.2. The van der Waals surface area contributed by atoms with Crippen LogP contribution in [0.2, 0.25) is 0 Å². The number of amides is 1. The van der Waals surface area contributed by atoms with E-state index in [1.165, 1.54) is 0 Å². The van der Waals surface area contributed by atoms with Gasteiger partial charge in [-0.2, -0.15) is 4.98 Å². The Morgan fingerprint density at radius 2 is 1.91 bits per heavy atom. The molecular formula is C34H41N7O5. The number of nitrogens with one attached hydrogen (secondary N) is 2. The number of nitrogens with zero attached hydrogens (tertiary/aromatic N) is 5. The van der Waals surface area contributed by atoms with Gasteiger partial charge in [-0.05, 0) is 83.8 Å². The van der Waals surface area contributed by atoms with Crippen LogP contribution in [0.5, 0.6) is 5.75 Å². The molecular weight excluding hydrogens is 586 g/mol. The Hall–Kier alpha value is -4.68. The third-order valence-corrected chi connectivity index (χ3v) is 7.93. The smallest absolute Gasteiger partial charge is 0.415 e. The third kappa shape index (κ3) is 6.49. The van der Waals surface area contributed by atoms with E-state index in [2.05, 4.69) is 20.5 Å². The molecule has 46 heavy (non-hydrogen) atoms. The van der Waals surface area contributed by atoms with Crippen molar-refractivity contribution in [3.8, 4) is 5.75 Å². The van der Waals surface area contributed by atoms with Gasteiger partial charge in [0.05, 0.1) is 36.7 Å². The summed E-state index contributed by atoms with van der Waals surface area (Å²) in [6.07, 6.45) is 1.19. The van der Waals surface area contributed by atoms with Gasteiger partial charge in [-0.15, -0.1) is 0 Å². The number of para-hydroxylation sites is 1. The van der Waals surface area contributed by atoms with E-state index in [9.17, 15) is 9.59 Å². The number of pyridine rings is 1. The summed E-state index contributed by atoms with van der Waals surface area (Å²) in [6, 6.07) is 14.3. The number of aromatic nitrogens is 3. The molecule has 0 bridgehead atoms. The largest absolute Gasteiger partial charge is 0.492 e. The van der Waals surface area contributed by atoms with E-state index in [-0.39, 0.29) is 11.6 Å². The van der Waals surface area contributed by atoms with Crippen molar-refractivity contribution in [2.45, 2.75) is 45.4 Å². The van der Waals surface area contributed by atoms with E-state index >= 15 is 0 Å². The first-order valence-corrected chi connectivity index (χ1v) is 15.5. The Kier molecular flexibility index (Phi) is 8.58. The van der Waals surface area contributed by atoms with Gasteiger partial charge >= 0.3 is 6.09 Å². The first kappa shape index (κ1) is 31.3. The van der Waals surface area contributed by atoms with Gasteiger partial charge in [-0.3, -0.25) is 14.3 Å². The molecule has 2 aromatic heterocycles. The molecule has 2 aliphatic heterocycles. The highest BCUT2D eigenvalue weighted by molar-refractivity contribution is 5.96. The standard InChI is InChI=1S/C34H41N7O5/c1-21-8-7-9-27-29(21)41(33(43)46-34(2,3)4)28(18-35-27)26-16-22-17-36-32(38-30(22)40(31(26)42)24-19-44-20-24)37-23-10-12-25(13-11-23)45-15-14-39(5)6/h7-13,16-17,24,28,35H,14-15,18-20H2,1-6H3,(H,36,37,38). The van der Waals surface area contributed by atoms with Gasteiger partial charge in [0, 0.05) is 35.9 Å². The number of rotatable bonds is 8. The topological polar surface area (TPSA) is 123 Å². The molecule has 4 aromatic rings. The van der Waals surface area contributed by atoms with E-state index in [1.54, 1.807) is 21.7 Å². The van der Waals surface area contributed by atoms with Crippen LogP contribution in [0.15, 0.2) is 59.5 Å². The molecule has 1 unspecified atom stereocenters. The second-order valence-corrected chi connectivity index (χ2v) is 13.0. The molecule has 12 nitrogen and oxygen atoms in total. The number of hydrogen-bond donors (Lipinski definition) is 2. The molecule has 242 valence electrons. The summed E-state index contributed by atoms with van der Waals surface area (Å²) in [7, 11) is 4.01. The van der Waals surface area contributed by atoms with Crippen LogP contribution in [-0.2, 0) is 9.47 Å². The molecule has 1 saturated heterocycles. The maximum atomic E-state index is 14.4. The molecule has 0 aliphatic carbocycles. The van der Waals surface area contributed by atoms with Gasteiger partial charge in [0.15, 0.2) is 0 Å². The van der Waals surface area contributed by atoms with Gasteiger partial charge in [0.25, 0.3) is 5.56 Å². The summed E-state index contributed by atoms with van der Waals surface area (Å²) < 4.78 is 18.9. The van der Waals surface area contributed by atoms with Crippen LogP contribution in [0.1, 0.15) is 44.0 Å². The van der Waals surface area contributed by atoms with Crippen LogP contribution in [0.3, 0.4) is 0 Å². The lowest BCUT2D eigenvalue weighted by Gasteiger charge is -2.39.